The Kier molecular flexibility index (Phi) is 2.34. The molecule has 0 saturated heterocycles. The van der Waals surface area contributed by atoms with Gasteiger partial charge in [0, 0.05) is 5.56 Å². The van der Waals surface area contributed by atoms with Gasteiger partial charge in [-0.3, -0.25) is 0 Å². The lowest BCUT2D eigenvalue weighted by Crippen LogP contribution is -2.10. The third-order valence-corrected chi connectivity index (χ3v) is 2.44. The van der Waals surface area contributed by atoms with Crippen molar-refractivity contribution in [2.45, 2.75) is 32.4 Å². The molecule has 0 spiro atoms. The lowest BCUT2D eigenvalue weighted by Gasteiger charge is -2.19. The first-order valence-electron chi connectivity index (χ1n) is 4.98. The highest BCUT2D eigenvalue weighted by Gasteiger charge is 2.16. The quantitative estimate of drug-likeness (QED) is 0.664. The van der Waals surface area contributed by atoms with Crippen LogP contribution in [0.25, 0.3) is 0 Å². The molecule has 0 amide bonds. The summed E-state index contributed by atoms with van der Waals surface area (Å²) in [6.07, 6.45) is -0.237. The van der Waals surface area contributed by atoms with Gasteiger partial charge in [0.05, 0.1) is 0 Å². The molecule has 0 radical (unpaired) electrons. The van der Waals surface area contributed by atoms with Crippen LogP contribution in [0.4, 0.5) is 0 Å². The van der Waals surface area contributed by atoms with Gasteiger partial charge < -0.3 is 0 Å². The van der Waals surface area contributed by atoms with Gasteiger partial charge in [0.1, 0.15) is 0 Å². The van der Waals surface area contributed by atoms with Gasteiger partial charge in [-0.15, -0.1) is 10.2 Å². The van der Waals surface area contributed by atoms with E-state index in [1.54, 1.807) is 0 Å². The number of hydrogen-bond acceptors (Lipinski definition) is 4. The molecule has 1 aromatic rings. The van der Waals surface area contributed by atoms with Crippen molar-refractivity contribution in [2.24, 2.45) is 20.7 Å². The fourth-order valence-electron chi connectivity index (χ4n) is 1.46. The fourth-order valence-corrected chi connectivity index (χ4v) is 1.46. The summed E-state index contributed by atoms with van der Waals surface area (Å²) < 4.78 is 0. The van der Waals surface area contributed by atoms with Gasteiger partial charge in [-0.25, -0.2) is 0 Å². The molecule has 0 N–H and O–H groups in total. The van der Waals surface area contributed by atoms with E-state index < -0.39 is 0 Å². The molecule has 0 saturated carbocycles. The molecule has 0 aliphatic carbocycles. The van der Waals surface area contributed by atoms with Crippen LogP contribution in [0.1, 0.15) is 38.1 Å². The highest BCUT2D eigenvalue weighted by Crippen LogP contribution is 2.27. The Labute approximate surface area is 89.1 Å². The summed E-state index contributed by atoms with van der Waals surface area (Å²) in [5, 5.41) is 14.8. The minimum absolute atomic E-state index is 0.178. The van der Waals surface area contributed by atoms with Gasteiger partial charge in [0.25, 0.3) is 0 Å². The second-order valence-electron chi connectivity index (χ2n) is 4.66. The zero-order valence-corrected chi connectivity index (χ0v) is 9.18. The van der Waals surface area contributed by atoms with Crippen molar-refractivity contribution in [2.75, 3.05) is 0 Å². The lowest BCUT2D eigenvalue weighted by molar-refractivity contribution is 0.589. The van der Waals surface area contributed by atoms with Crippen molar-refractivity contribution >= 4 is 0 Å². The van der Waals surface area contributed by atoms with E-state index in [1.165, 1.54) is 5.56 Å². The molecule has 78 valence electrons. The first kappa shape index (κ1) is 9.96. The van der Waals surface area contributed by atoms with Gasteiger partial charge >= 0.3 is 0 Å². The summed E-state index contributed by atoms with van der Waals surface area (Å²) in [5.41, 5.74) is 2.52. The van der Waals surface area contributed by atoms with Crippen LogP contribution in [-0.4, -0.2) is 0 Å². The van der Waals surface area contributed by atoms with Crippen molar-refractivity contribution in [3.63, 3.8) is 0 Å². The molecule has 0 atom stereocenters. The van der Waals surface area contributed by atoms with Crippen LogP contribution in [0, 0.1) is 0 Å². The Morgan fingerprint density at radius 3 is 1.93 bits per heavy atom. The maximum absolute atomic E-state index is 3.89. The molecule has 0 bridgehead atoms. The average Bonchev–Trinajstić information content (AvgIpc) is 2.69. The summed E-state index contributed by atoms with van der Waals surface area (Å²) in [6, 6.07) is 8.29. The molecule has 0 unspecified atom stereocenters. The lowest BCUT2D eigenvalue weighted by atomic mass is 9.86. The molecule has 15 heavy (non-hydrogen) atoms. The Hall–Kier alpha value is -1.58. The van der Waals surface area contributed by atoms with Gasteiger partial charge in [-0.1, -0.05) is 45.0 Å². The first-order chi connectivity index (χ1) is 7.07. The second-order valence-corrected chi connectivity index (χ2v) is 4.66. The Bertz CT molecular complexity index is 386. The predicted molar refractivity (Wildman–Crippen MR) is 57.6 cm³/mol. The normalized spacial score (nSPS) is 16.2. The first-order valence-corrected chi connectivity index (χ1v) is 4.98. The maximum atomic E-state index is 3.89. The summed E-state index contributed by atoms with van der Waals surface area (Å²) in [5.74, 6) is 0. The van der Waals surface area contributed by atoms with E-state index in [9.17, 15) is 0 Å². The molecular weight excluding hydrogens is 188 g/mol. The number of rotatable bonds is 1. The number of benzene rings is 1. The van der Waals surface area contributed by atoms with E-state index in [0.717, 1.165) is 5.56 Å². The topological polar surface area (TPSA) is 49.4 Å². The van der Waals surface area contributed by atoms with E-state index in [-0.39, 0.29) is 11.6 Å². The van der Waals surface area contributed by atoms with Crippen LogP contribution in [-0.2, 0) is 5.41 Å². The van der Waals surface area contributed by atoms with Crippen molar-refractivity contribution < 1.29 is 0 Å². The summed E-state index contributed by atoms with van der Waals surface area (Å²) >= 11 is 0. The second kappa shape index (κ2) is 3.53. The van der Waals surface area contributed by atoms with Crippen molar-refractivity contribution in [1.29, 1.82) is 0 Å². The molecule has 2 rings (SSSR count). The monoisotopic (exact) mass is 202 g/mol. The molecule has 0 fully saturated rings. The van der Waals surface area contributed by atoms with Gasteiger partial charge in [0.15, 0.2) is 0 Å². The minimum atomic E-state index is -0.237. The number of hydrogen-bond donors (Lipinski definition) is 0. The molecule has 1 aromatic carbocycles. The van der Waals surface area contributed by atoms with E-state index in [2.05, 4.69) is 53.6 Å². The van der Waals surface area contributed by atoms with Crippen molar-refractivity contribution in [3.05, 3.63) is 35.4 Å². The molecular formula is C11H14N4. The molecule has 4 nitrogen and oxygen atoms in total. The van der Waals surface area contributed by atoms with Crippen molar-refractivity contribution in [1.82, 2.24) is 0 Å². The molecule has 1 aliphatic heterocycles. The fraction of sp³-hybridized carbons (Fsp3) is 0.455. The van der Waals surface area contributed by atoms with Crippen molar-refractivity contribution in [3.8, 4) is 0 Å². The van der Waals surface area contributed by atoms with Crippen LogP contribution < -0.4 is 0 Å². The zero-order valence-electron chi connectivity index (χ0n) is 9.18. The Morgan fingerprint density at radius 1 is 0.933 bits per heavy atom. The van der Waals surface area contributed by atoms with E-state index >= 15 is 0 Å². The smallest absolute Gasteiger partial charge is 0.133 e. The molecule has 4 heteroatoms. The highest BCUT2D eigenvalue weighted by atomic mass is 15.6. The summed E-state index contributed by atoms with van der Waals surface area (Å²) in [6.45, 7) is 6.57. The summed E-state index contributed by atoms with van der Waals surface area (Å²) in [4.78, 5) is 0. The van der Waals surface area contributed by atoms with Crippen LogP contribution in [0.15, 0.2) is 44.9 Å². The maximum Gasteiger partial charge on any atom is 0.210 e. The molecule has 1 aliphatic rings. The standard InChI is InChI=1S/C11H14N4/c1-11(2,3)9-6-4-8(5-7-9)10-12-14-15-13-10/h4-7,10H,1-3H3. The Morgan fingerprint density at radius 2 is 1.47 bits per heavy atom. The van der Waals surface area contributed by atoms with Crippen LogP contribution in [0.3, 0.4) is 0 Å². The SMILES string of the molecule is CC(C)(C)c1ccc(C2N=NN=N2)cc1. The Balaban J connectivity index is 2.24. The van der Waals surface area contributed by atoms with Gasteiger partial charge in [0.2, 0.25) is 6.17 Å². The van der Waals surface area contributed by atoms with Crippen LogP contribution in [0.5, 0.6) is 0 Å². The van der Waals surface area contributed by atoms with E-state index in [4.69, 9.17) is 0 Å². The average molecular weight is 202 g/mol. The highest BCUT2D eigenvalue weighted by molar-refractivity contribution is 5.29. The molecule has 1 heterocycles. The predicted octanol–water partition coefficient (Wildman–Crippen LogP) is 3.82. The largest absolute Gasteiger partial charge is 0.210 e. The van der Waals surface area contributed by atoms with Crippen LogP contribution in [0.2, 0.25) is 0 Å². The van der Waals surface area contributed by atoms with Crippen LogP contribution >= 0.6 is 0 Å². The molecule has 0 aromatic heterocycles. The van der Waals surface area contributed by atoms with Gasteiger partial charge in [-0.2, -0.15) is 0 Å². The van der Waals surface area contributed by atoms with E-state index in [0.29, 0.717) is 0 Å². The minimum Gasteiger partial charge on any atom is -0.133 e. The van der Waals surface area contributed by atoms with E-state index in [1.807, 2.05) is 12.1 Å². The third-order valence-electron chi connectivity index (χ3n) is 2.44. The summed E-state index contributed by atoms with van der Waals surface area (Å²) in [7, 11) is 0. The van der Waals surface area contributed by atoms with Gasteiger partial charge in [-0.05, 0) is 21.4 Å². The third kappa shape index (κ3) is 2.09. The zero-order chi connectivity index (χ0) is 10.9. The number of nitrogens with zero attached hydrogens (tertiary/aromatic N) is 4.